The molecule has 5 nitrogen and oxygen atoms in total. The maximum absolute atomic E-state index is 12.9. The molecule has 3 rings (SSSR count). The van der Waals surface area contributed by atoms with E-state index in [0.717, 1.165) is 17.4 Å². The highest BCUT2D eigenvalue weighted by atomic mass is 35.5. The molecule has 0 saturated carbocycles. The smallest absolute Gasteiger partial charge is 0.307 e. The standard InChI is InChI=1S/C17H12ClF2NO4S/c1-7-9(4-15(23)24)10-3-13(22)11(18)5-12(10)21(7)17(25)8-2-14(16(19)20)26-6-8/h2-3,5-6,16,22H,4H2,1H3,(H,23,24). The Balaban J connectivity index is 2.23. The SMILES string of the molecule is Cc1c(CC(=O)O)c2cc(O)c(Cl)cc2n1C(=O)c1csc(C(F)F)c1. The molecule has 0 unspecified atom stereocenters. The van der Waals surface area contributed by atoms with Crippen molar-refractivity contribution in [2.24, 2.45) is 0 Å². The summed E-state index contributed by atoms with van der Waals surface area (Å²) < 4.78 is 26.8. The Bertz CT molecular complexity index is 1040. The minimum atomic E-state index is -2.68. The molecule has 136 valence electrons. The molecule has 2 aromatic heterocycles. The fourth-order valence-electron chi connectivity index (χ4n) is 2.83. The summed E-state index contributed by atoms with van der Waals surface area (Å²) in [5.74, 6) is -1.93. The van der Waals surface area contributed by atoms with E-state index < -0.39 is 18.3 Å². The highest BCUT2D eigenvalue weighted by molar-refractivity contribution is 7.10. The van der Waals surface area contributed by atoms with Crippen LogP contribution in [0, 0.1) is 6.92 Å². The van der Waals surface area contributed by atoms with Crippen molar-refractivity contribution in [3.8, 4) is 5.75 Å². The molecule has 2 N–H and O–H groups in total. The molecule has 0 bridgehead atoms. The van der Waals surface area contributed by atoms with E-state index in [0.29, 0.717) is 22.2 Å². The number of carbonyl (C=O) groups excluding carboxylic acids is 1. The number of thiophene rings is 1. The number of phenolic OH excluding ortho intramolecular Hbond substituents is 1. The Kier molecular flexibility index (Phi) is 4.72. The first kappa shape index (κ1) is 18.3. The van der Waals surface area contributed by atoms with E-state index in [9.17, 15) is 23.5 Å². The Morgan fingerprint density at radius 3 is 2.58 bits per heavy atom. The molecule has 2 heterocycles. The van der Waals surface area contributed by atoms with Gasteiger partial charge in [-0.2, -0.15) is 0 Å². The van der Waals surface area contributed by atoms with Gasteiger partial charge in [0.2, 0.25) is 0 Å². The predicted octanol–water partition coefficient (Wildman–Crippen LogP) is 4.62. The van der Waals surface area contributed by atoms with Crippen LogP contribution in [0.4, 0.5) is 8.78 Å². The number of aliphatic carboxylic acids is 1. The fourth-order valence-corrected chi connectivity index (χ4v) is 3.72. The first-order valence-corrected chi connectivity index (χ1v) is 8.62. The summed E-state index contributed by atoms with van der Waals surface area (Å²) >= 11 is 6.71. The molecule has 0 aliphatic carbocycles. The molecule has 0 aliphatic heterocycles. The van der Waals surface area contributed by atoms with Crippen molar-refractivity contribution in [1.29, 1.82) is 0 Å². The first-order valence-electron chi connectivity index (χ1n) is 7.36. The molecule has 0 atom stereocenters. The summed E-state index contributed by atoms with van der Waals surface area (Å²) in [7, 11) is 0. The molecule has 0 saturated heterocycles. The molecule has 0 amide bonds. The van der Waals surface area contributed by atoms with Gasteiger partial charge in [0, 0.05) is 16.5 Å². The van der Waals surface area contributed by atoms with Gasteiger partial charge in [0.1, 0.15) is 5.75 Å². The van der Waals surface area contributed by atoms with Crippen LogP contribution in [0.2, 0.25) is 5.02 Å². The molecular weight excluding hydrogens is 388 g/mol. The van der Waals surface area contributed by atoms with Crippen molar-refractivity contribution in [3.63, 3.8) is 0 Å². The Morgan fingerprint density at radius 2 is 2.00 bits per heavy atom. The van der Waals surface area contributed by atoms with E-state index in [4.69, 9.17) is 16.7 Å². The number of benzene rings is 1. The lowest BCUT2D eigenvalue weighted by atomic mass is 10.1. The maximum atomic E-state index is 12.9. The number of phenols is 1. The number of nitrogens with zero attached hydrogens (tertiary/aromatic N) is 1. The van der Waals surface area contributed by atoms with Gasteiger partial charge in [0.25, 0.3) is 12.3 Å². The lowest BCUT2D eigenvalue weighted by Crippen LogP contribution is -2.13. The van der Waals surface area contributed by atoms with Gasteiger partial charge in [-0.25, -0.2) is 8.78 Å². The average molecular weight is 400 g/mol. The minimum absolute atomic E-state index is 0.00971. The predicted molar refractivity (Wildman–Crippen MR) is 93.7 cm³/mol. The van der Waals surface area contributed by atoms with Gasteiger partial charge >= 0.3 is 5.97 Å². The molecule has 0 radical (unpaired) electrons. The van der Waals surface area contributed by atoms with Gasteiger partial charge in [-0.1, -0.05) is 11.6 Å². The molecule has 26 heavy (non-hydrogen) atoms. The molecule has 3 aromatic rings. The zero-order valence-electron chi connectivity index (χ0n) is 13.3. The van der Waals surface area contributed by atoms with Gasteiger partial charge in [-0.3, -0.25) is 14.2 Å². The number of carbonyl (C=O) groups is 2. The third kappa shape index (κ3) is 3.06. The number of fused-ring (bicyclic) bond motifs is 1. The normalized spacial score (nSPS) is 11.4. The summed E-state index contributed by atoms with van der Waals surface area (Å²) in [6.45, 7) is 1.56. The first-order chi connectivity index (χ1) is 12.2. The van der Waals surface area contributed by atoms with E-state index >= 15 is 0 Å². The Hall–Kier alpha value is -2.45. The molecule has 0 aliphatic rings. The summed E-state index contributed by atoms with van der Waals surface area (Å²) in [6.07, 6.45) is -3.05. The lowest BCUT2D eigenvalue weighted by molar-refractivity contribution is -0.136. The Labute approximate surface area is 155 Å². The summed E-state index contributed by atoms with van der Waals surface area (Å²) in [5.41, 5.74) is 1.06. The van der Waals surface area contributed by atoms with Crippen molar-refractivity contribution in [1.82, 2.24) is 4.57 Å². The molecule has 1 aromatic carbocycles. The summed E-state index contributed by atoms with van der Waals surface area (Å²) in [6, 6.07) is 3.76. The van der Waals surface area contributed by atoms with Crippen LogP contribution in [0.5, 0.6) is 5.75 Å². The van der Waals surface area contributed by atoms with Crippen LogP contribution < -0.4 is 0 Å². The minimum Gasteiger partial charge on any atom is -0.506 e. The second kappa shape index (κ2) is 6.69. The van der Waals surface area contributed by atoms with E-state index in [1.165, 1.54) is 22.1 Å². The molecular formula is C17H12ClF2NO4S. The monoisotopic (exact) mass is 399 g/mol. The van der Waals surface area contributed by atoms with Gasteiger partial charge in [0.15, 0.2) is 0 Å². The van der Waals surface area contributed by atoms with Crippen molar-refractivity contribution in [2.45, 2.75) is 19.8 Å². The third-order valence-corrected chi connectivity index (χ3v) is 5.26. The van der Waals surface area contributed by atoms with E-state index in [2.05, 4.69) is 0 Å². The fraction of sp³-hybridized carbons (Fsp3) is 0.176. The van der Waals surface area contributed by atoms with Crippen LogP contribution in [0.25, 0.3) is 10.9 Å². The molecule has 0 fully saturated rings. The van der Waals surface area contributed by atoms with Gasteiger partial charge in [-0.05, 0) is 30.7 Å². The van der Waals surface area contributed by atoms with Crippen LogP contribution in [0.1, 0.15) is 32.9 Å². The van der Waals surface area contributed by atoms with Gasteiger partial charge in [0.05, 0.1) is 27.4 Å². The van der Waals surface area contributed by atoms with Crippen molar-refractivity contribution in [3.05, 3.63) is 50.3 Å². The van der Waals surface area contributed by atoms with Crippen LogP contribution in [-0.4, -0.2) is 26.7 Å². The number of carboxylic acid groups (broad SMARTS) is 1. The number of hydrogen-bond donors (Lipinski definition) is 2. The number of halogens is 3. The number of aromatic hydroxyl groups is 1. The van der Waals surface area contributed by atoms with Crippen LogP contribution >= 0.6 is 22.9 Å². The van der Waals surface area contributed by atoms with Crippen LogP contribution in [0.3, 0.4) is 0 Å². The zero-order chi connectivity index (χ0) is 19.2. The third-order valence-electron chi connectivity index (χ3n) is 4.02. The summed E-state index contributed by atoms with van der Waals surface area (Å²) in [4.78, 5) is 23.8. The summed E-state index contributed by atoms with van der Waals surface area (Å²) in [5, 5.41) is 20.7. The van der Waals surface area contributed by atoms with Gasteiger partial charge < -0.3 is 10.2 Å². The number of hydrogen-bond acceptors (Lipinski definition) is 4. The lowest BCUT2D eigenvalue weighted by Gasteiger charge is -2.06. The number of aromatic nitrogens is 1. The van der Waals surface area contributed by atoms with Crippen molar-refractivity contribution in [2.75, 3.05) is 0 Å². The quantitative estimate of drug-likeness (QED) is 0.670. The van der Waals surface area contributed by atoms with E-state index in [1.807, 2.05) is 0 Å². The highest BCUT2D eigenvalue weighted by Crippen LogP contribution is 2.35. The van der Waals surface area contributed by atoms with Gasteiger partial charge in [-0.15, -0.1) is 11.3 Å². The van der Waals surface area contributed by atoms with Crippen molar-refractivity contribution >= 4 is 45.7 Å². The second-order valence-corrected chi connectivity index (χ2v) is 6.98. The molecule has 9 heteroatoms. The molecule has 0 spiro atoms. The number of alkyl halides is 2. The zero-order valence-corrected chi connectivity index (χ0v) is 14.9. The topological polar surface area (TPSA) is 79.5 Å². The second-order valence-electron chi connectivity index (χ2n) is 5.63. The number of rotatable bonds is 4. The highest BCUT2D eigenvalue weighted by Gasteiger charge is 2.24. The van der Waals surface area contributed by atoms with Crippen molar-refractivity contribution < 1.29 is 28.6 Å². The largest absolute Gasteiger partial charge is 0.506 e. The Morgan fingerprint density at radius 1 is 1.31 bits per heavy atom. The van der Waals surface area contributed by atoms with Crippen LogP contribution in [0.15, 0.2) is 23.6 Å². The number of carboxylic acids is 1. The van der Waals surface area contributed by atoms with E-state index in [1.54, 1.807) is 6.92 Å². The van der Waals surface area contributed by atoms with E-state index in [-0.39, 0.29) is 27.6 Å². The average Bonchev–Trinajstić information content (AvgIpc) is 3.13. The van der Waals surface area contributed by atoms with Crippen LogP contribution in [-0.2, 0) is 11.2 Å². The maximum Gasteiger partial charge on any atom is 0.307 e.